The zero-order valence-corrected chi connectivity index (χ0v) is 51.8. The van der Waals surface area contributed by atoms with Crippen LogP contribution in [0.1, 0.15) is 184 Å². The van der Waals surface area contributed by atoms with Crippen LogP contribution in [0.3, 0.4) is 0 Å². The van der Waals surface area contributed by atoms with Gasteiger partial charge in [0.15, 0.2) is 0 Å². The second-order valence-electron chi connectivity index (χ2n) is 29.1. The van der Waals surface area contributed by atoms with E-state index in [4.69, 9.17) is 5.73 Å². The van der Waals surface area contributed by atoms with Gasteiger partial charge in [0.2, 0.25) is 0 Å². The smallest absolute Gasteiger partial charge is 0.323 e. The van der Waals surface area contributed by atoms with Crippen LogP contribution < -0.4 is 20.4 Å². The number of urea groups is 3. The highest BCUT2D eigenvalue weighted by Crippen LogP contribution is 2.53. The van der Waals surface area contributed by atoms with Crippen molar-refractivity contribution in [2.75, 3.05) is 108 Å². The second kappa shape index (κ2) is 25.4. The number of carbonyl (C=O) groups excluding carboxylic acids is 3. The SMILES string of the molecule is CN(C)C(=O)N1CCCC2(CCN(C3CC4CCC(C4)C3)CC2)c2ccccc21.CN(C)C(=O)N1CCCC2(CCN(CC3CCCCC3)CC2)c2ccccc21.NC(=O)N1CCCC2(CCN(C3C[C@@H]4CC[C@@H]3C4)CC2)c2ccccc21. The minimum absolute atomic E-state index is 0.110. The fraction of sp³-hybridized carbons (Fsp3) is 0.704. The highest BCUT2D eigenvalue weighted by atomic mass is 16.2. The van der Waals surface area contributed by atoms with E-state index in [9.17, 15) is 14.4 Å². The number of primary amides is 1. The first-order valence-electron chi connectivity index (χ1n) is 33.8. The fourth-order valence-electron chi connectivity index (χ4n) is 19.6. The first kappa shape index (κ1) is 58.7. The van der Waals surface area contributed by atoms with E-state index in [0.717, 1.165) is 97.6 Å². The molecule has 3 aromatic carbocycles. The fourth-order valence-corrected chi connectivity index (χ4v) is 19.6. The zero-order chi connectivity index (χ0) is 57.3. The third-order valence-electron chi connectivity index (χ3n) is 24.0. The molecule has 6 amide bonds. The van der Waals surface area contributed by atoms with Crippen LogP contribution in [0.2, 0.25) is 0 Å². The molecule has 14 rings (SSSR count). The van der Waals surface area contributed by atoms with Gasteiger partial charge in [-0.2, -0.15) is 0 Å². The second-order valence-corrected chi connectivity index (χ2v) is 29.1. The number of likely N-dealkylation sites (tertiary alicyclic amines) is 3. The Morgan fingerprint density at radius 1 is 0.446 bits per heavy atom. The number of nitrogens with zero attached hydrogens (tertiary/aromatic N) is 8. The number of piperidine rings is 3. The van der Waals surface area contributed by atoms with Gasteiger partial charge < -0.3 is 30.2 Å². The summed E-state index contributed by atoms with van der Waals surface area (Å²) >= 11 is 0. The summed E-state index contributed by atoms with van der Waals surface area (Å²) < 4.78 is 0. The standard InChI is InChI=1S/C25H37N3O.C24H37N3O.C22H31N3O/c1-26(2)24(29)28-13-5-10-25(22-6-3-4-7-23(22)28)11-14-27(15-12-25)21-17-19-8-9-20(16-19)18-21;1-25(2)23(28)27-16-8-13-24(21-11-6-7-12-22(21)27)14-17-26(18-15-24)19-20-9-4-3-5-10-20;23-21(26)25-11-3-8-22(18-4-1-2-5-19(18)25)9-12-24(13-10-22)20-15-16-6-7-17(20)14-16/h3-4,6-7,19-21H,5,8-18H2,1-2H3;6-7,11-12,20H,3-5,8-10,13-19H2,1-2H3;1-2,4-5,16-17,20H,3,6-15H2,(H2,23,26)/t;;16-,17-,20?/m..1/s1. The molecular weight excluding hydrogens is 1030 g/mol. The lowest BCUT2D eigenvalue weighted by atomic mass is 9.69. The molecule has 4 bridgehead atoms. The van der Waals surface area contributed by atoms with E-state index in [1.54, 1.807) is 14.7 Å². The molecule has 5 atom stereocenters. The molecule has 5 aliphatic carbocycles. The van der Waals surface area contributed by atoms with Gasteiger partial charge in [0.05, 0.1) is 0 Å². The Labute approximate surface area is 500 Å². The highest BCUT2D eigenvalue weighted by Gasteiger charge is 2.48. The lowest BCUT2D eigenvalue weighted by Gasteiger charge is -2.46. The van der Waals surface area contributed by atoms with Gasteiger partial charge in [-0.25, -0.2) is 14.4 Å². The van der Waals surface area contributed by atoms with Gasteiger partial charge in [0, 0.05) is 83.5 Å². The largest absolute Gasteiger partial charge is 0.351 e. The van der Waals surface area contributed by atoms with E-state index >= 15 is 0 Å². The number of hydrogen-bond donors (Lipinski definition) is 1. The number of fused-ring (bicyclic) bond motifs is 10. The molecule has 2 N–H and O–H groups in total. The summed E-state index contributed by atoms with van der Waals surface area (Å²) in [5.74, 6) is 4.94. The van der Waals surface area contributed by atoms with Crippen LogP contribution in [0.15, 0.2) is 72.8 Å². The van der Waals surface area contributed by atoms with Gasteiger partial charge in [-0.3, -0.25) is 14.7 Å². The molecule has 3 saturated heterocycles. The number of anilines is 3. The van der Waals surface area contributed by atoms with Gasteiger partial charge in [-0.05, 0) is 248 Å². The van der Waals surface area contributed by atoms with Crippen molar-refractivity contribution in [2.24, 2.45) is 35.3 Å². The number of rotatable bonds is 4. The van der Waals surface area contributed by atoms with Gasteiger partial charge in [-0.1, -0.05) is 93.1 Å². The average Bonchev–Trinajstić information content (AvgIpc) is 4.20. The van der Waals surface area contributed by atoms with E-state index in [1.807, 2.05) is 44.1 Å². The normalized spacial score (nSPS) is 29.2. The molecule has 0 aromatic heterocycles. The van der Waals surface area contributed by atoms with Crippen LogP contribution in [0.5, 0.6) is 0 Å². The Hall–Kier alpha value is -4.65. The van der Waals surface area contributed by atoms with Crippen LogP contribution in [-0.2, 0) is 16.2 Å². The van der Waals surface area contributed by atoms with Crippen molar-refractivity contribution in [3.8, 4) is 0 Å². The maximum atomic E-state index is 12.9. The minimum Gasteiger partial charge on any atom is -0.351 e. The maximum absolute atomic E-state index is 12.9. The zero-order valence-electron chi connectivity index (χ0n) is 51.8. The monoisotopic (exact) mass is 1130 g/mol. The first-order chi connectivity index (χ1) is 40.3. The molecule has 83 heavy (non-hydrogen) atoms. The molecule has 0 radical (unpaired) electrons. The number of hydrogen-bond acceptors (Lipinski definition) is 6. The summed E-state index contributed by atoms with van der Waals surface area (Å²) in [4.78, 5) is 55.3. The molecule has 6 aliphatic heterocycles. The average molecular weight is 1130 g/mol. The third-order valence-corrected chi connectivity index (χ3v) is 24.0. The minimum atomic E-state index is -0.311. The quantitative estimate of drug-likeness (QED) is 0.279. The van der Waals surface area contributed by atoms with E-state index in [0.29, 0.717) is 0 Å². The Bertz CT molecular complexity index is 2680. The lowest BCUT2D eigenvalue weighted by Crippen LogP contribution is -2.48. The van der Waals surface area contributed by atoms with Crippen LogP contribution in [0.4, 0.5) is 31.4 Å². The van der Waals surface area contributed by atoms with Gasteiger partial charge in [0.1, 0.15) is 0 Å². The molecule has 3 spiro atoms. The number of nitrogens with two attached hydrogens (primary N) is 1. The maximum Gasteiger partial charge on any atom is 0.323 e. The van der Waals surface area contributed by atoms with Crippen molar-refractivity contribution in [2.45, 2.75) is 195 Å². The molecule has 12 nitrogen and oxygen atoms in total. The molecule has 3 aromatic rings. The van der Waals surface area contributed by atoms with E-state index in [2.05, 4.69) is 81.4 Å². The highest BCUT2D eigenvalue weighted by molar-refractivity contribution is 5.94. The molecule has 5 saturated carbocycles. The summed E-state index contributed by atoms with van der Waals surface area (Å²) in [5, 5.41) is 0. The molecule has 8 fully saturated rings. The van der Waals surface area contributed by atoms with Crippen LogP contribution in [0, 0.1) is 29.6 Å². The van der Waals surface area contributed by atoms with Crippen molar-refractivity contribution in [1.82, 2.24) is 24.5 Å². The third kappa shape index (κ3) is 12.2. The molecular formula is C71H105N9O3. The topological polar surface area (TPSA) is 103 Å². The Morgan fingerprint density at radius 2 is 0.867 bits per heavy atom. The molecule has 11 aliphatic rings. The predicted octanol–water partition coefficient (Wildman–Crippen LogP) is 13.7. The van der Waals surface area contributed by atoms with E-state index in [1.165, 1.54) is 210 Å². The van der Waals surface area contributed by atoms with Crippen LogP contribution >= 0.6 is 0 Å². The van der Waals surface area contributed by atoms with Gasteiger partial charge in [-0.15, -0.1) is 0 Å². The molecule has 3 unspecified atom stereocenters. The summed E-state index contributed by atoms with van der Waals surface area (Å²) in [6.45, 7) is 11.1. The molecule has 12 heteroatoms. The first-order valence-corrected chi connectivity index (χ1v) is 33.8. The number of benzene rings is 3. The number of para-hydroxylation sites is 3. The van der Waals surface area contributed by atoms with Crippen LogP contribution in [-0.4, -0.2) is 148 Å². The van der Waals surface area contributed by atoms with Crippen molar-refractivity contribution in [1.29, 1.82) is 0 Å². The van der Waals surface area contributed by atoms with E-state index in [-0.39, 0.29) is 34.3 Å². The Kier molecular flexibility index (Phi) is 17.9. The number of carbonyl (C=O) groups is 3. The predicted molar refractivity (Wildman–Crippen MR) is 339 cm³/mol. The van der Waals surface area contributed by atoms with E-state index < -0.39 is 0 Å². The summed E-state index contributed by atoms with van der Waals surface area (Å²) in [6.07, 6.45) is 34.7. The summed E-state index contributed by atoms with van der Waals surface area (Å²) in [6, 6.07) is 27.6. The van der Waals surface area contributed by atoms with Crippen molar-refractivity contribution < 1.29 is 14.4 Å². The Morgan fingerprint density at radius 3 is 1.31 bits per heavy atom. The van der Waals surface area contributed by atoms with Gasteiger partial charge in [0.25, 0.3) is 0 Å². The molecule has 452 valence electrons. The Balaban J connectivity index is 0.000000123. The summed E-state index contributed by atoms with van der Waals surface area (Å²) in [5.41, 5.74) is 14.0. The number of amides is 6. The van der Waals surface area contributed by atoms with Crippen molar-refractivity contribution in [3.05, 3.63) is 89.5 Å². The lowest BCUT2D eigenvalue weighted by molar-refractivity contribution is 0.0724. The van der Waals surface area contributed by atoms with Crippen molar-refractivity contribution in [3.63, 3.8) is 0 Å². The van der Waals surface area contributed by atoms with Crippen LogP contribution in [0.25, 0.3) is 0 Å². The summed E-state index contributed by atoms with van der Waals surface area (Å²) in [7, 11) is 7.44. The van der Waals surface area contributed by atoms with Crippen molar-refractivity contribution >= 4 is 35.2 Å². The molecule has 6 heterocycles. The van der Waals surface area contributed by atoms with Gasteiger partial charge >= 0.3 is 18.1 Å².